The molecule has 1 N–H and O–H groups in total. The number of aldehydes is 1. The van der Waals surface area contributed by atoms with Crippen LogP contribution in [0.4, 0.5) is 4.79 Å². The molecule has 0 atom stereocenters. The van der Waals surface area contributed by atoms with Gasteiger partial charge in [0.15, 0.2) is 0 Å². The van der Waals surface area contributed by atoms with E-state index in [1.165, 1.54) is 4.90 Å². The minimum Gasteiger partial charge on any atom is -0.303 e. The summed E-state index contributed by atoms with van der Waals surface area (Å²) in [6, 6.07) is -0.422. The first-order valence-corrected chi connectivity index (χ1v) is 5.27. The molecule has 0 unspecified atom stereocenters. The van der Waals surface area contributed by atoms with Crippen molar-refractivity contribution in [2.24, 2.45) is 0 Å². The summed E-state index contributed by atoms with van der Waals surface area (Å²) in [7, 11) is 0. The monoisotopic (exact) mass is 210 g/mol. The minimum atomic E-state index is -0.726. The van der Waals surface area contributed by atoms with E-state index in [0.29, 0.717) is 19.1 Å². The van der Waals surface area contributed by atoms with Crippen molar-refractivity contribution in [2.75, 3.05) is 6.54 Å². The van der Waals surface area contributed by atoms with Crippen LogP contribution in [-0.2, 0) is 9.59 Å². The smallest absolute Gasteiger partial charge is 0.303 e. The van der Waals surface area contributed by atoms with E-state index in [9.17, 15) is 14.4 Å². The van der Waals surface area contributed by atoms with Crippen LogP contribution in [0.1, 0.15) is 32.1 Å². The Morgan fingerprint density at radius 3 is 2.53 bits per heavy atom. The molecule has 1 saturated carbocycles. The molecule has 0 aromatic heterocycles. The molecule has 1 saturated heterocycles. The summed E-state index contributed by atoms with van der Waals surface area (Å²) in [6.07, 6.45) is 5.01. The number of hydrogen-bond donors (Lipinski definition) is 1. The summed E-state index contributed by atoms with van der Waals surface area (Å²) in [5.74, 6) is -0.228. The third kappa shape index (κ3) is 1.42. The van der Waals surface area contributed by atoms with Gasteiger partial charge in [0, 0.05) is 0 Å². The highest BCUT2D eigenvalue weighted by Gasteiger charge is 2.52. The predicted octanol–water partition coefficient (Wildman–Crippen LogP) is 0.440. The number of nitrogens with one attached hydrogen (secondary N) is 1. The highest BCUT2D eigenvalue weighted by Crippen LogP contribution is 2.36. The molecular formula is C10H14N2O3. The summed E-state index contributed by atoms with van der Waals surface area (Å²) in [4.78, 5) is 35.1. The summed E-state index contributed by atoms with van der Waals surface area (Å²) in [5, 5.41) is 2.30. The van der Waals surface area contributed by atoms with Gasteiger partial charge in [0.2, 0.25) is 0 Å². The number of carbonyl (C=O) groups excluding carboxylic acids is 3. The van der Waals surface area contributed by atoms with E-state index in [2.05, 4.69) is 5.32 Å². The second kappa shape index (κ2) is 3.64. The van der Waals surface area contributed by atoms with Gasteiger partial charge in [-0.25, -0.2) is 4.79 Å². The van der Waals surface area contributed by atoms with Crippen LogP contribution in [0.5, 0.6) is 0 Å². The van der Waals surface area contributed by atoms with E-state index in [0.717, 1.165) is 19.3 Å². The zero-order chi connectivity index (χ0) is 10.9. The maximum Gasteiger partial charge on any atom is 0.325 e. The molecule has 1 heterocycles. The van der Waals surface area contributed by atoms with Gasteiger partial charge in [0.25, 0.3) is 5.91 Å². The standard InChI is InChI=1S/C10H14N2O3/c13-7-6-12-9(15)11-8(14)10(12)4-2-1-3-5-10/h7H,1-6H2,(H,11,14,15). The Balaban J connectivity index is 2.28. The number of amides is 3. The number of urea groups is 1. The average Bonchev–Trinajstić information content (AvgIpc) is 2.45. The third-order valence-electron chi connectivity index (χ3n) is 3.34. The van der Waals surface area contributed by atoms with Crippen LogP contribution in [0.2, 0.25) is 0 Å². The molecule has 3 amide bonds. The van der Waals surface area contributed by atoms with Gasteiger partial charge in [-0.05, 0) is 12.8 Å². The van der Waals surface area contributed by atoms with Gasteiger partial charge in [-0.1, -0.05) is 19.3 Å². The minimum absolute atomic E-state index is 0.0115. The lowest BCUT2D eigenvalue weighted by atomic mass is 9.80. The van der Waals surface area contributed by atoms with E-state index in [4.69, 9.17) is 0 Å². The SMILES string of the molecule is O=CCN1C(=O)NC(=O)C12CCCCC2. The molecule has 2 fully saturated rings. The molecule has 1 aliphatic carbocycles. The Labute approximate surface area is 87.8 Å². The van der Waals surface area contributed by atoms with Crippen LogP contribution >= 0.6 is 0 Å². The summed E-state index contributed by atoms with van der Waals surface area (Å²) in [6.45, 7) is 0.0115. The molecule has 0 aromatic carbocycles. The summed E-state index contributed by atoms with van der Waals surface area (Å²) >= 11 is 0. The molecule has 0 radical (unpaired) electrons. The Morgan fingerprint density at radius 1 is 1.27 bits per heavy atom. The van der Waals surface area contributed by atoms with Gasteiger partial charge in [-0.2, -0.15) is 0 Å². The zero-order valence-electron chi connectivity index (χ0n) is 8.49. The van der Waals surface area contributed by atoms with Crippen LogP contribution in [0, 0.1) is 0 Å². The number of rotatable bonds is 2. The maximum atomic E-state index is 11.8. The molecule has 5 nitrogen and oxygen atoms in total. The highest BCUT2D eigenvalue weighted by molar-refractivity contribution is 6.07. The largest absolute Gasteiger partial charge is 0.325 e. The first-order chi connectivity index (χ1) is 7.20. The fraction of sp³-hybridized carbons (Fsp3) is 0.700. The third-order valence-corrected chi connectivity index (χ3v) is 3.34. The number of carbonyl (C=O) groups is 3. The normalized spacial score (nSPS) is 24.4. The van der Waals surface area contributed by atoms with Crippen molar-refractivity contribution in [3.05, 3.63) is 0 Å². The van der Waals surface area contributed by atoms with Crippen molar-refractivity contribution in [3.8, 4) is 0 Å². The Morgan fingerprint density at radius 2 is 1.93 bits per heavy atom. The number of nitrogens with zero attached hydrogens (tertiary/aromatic N) is 1. The predicted molar refractivity (Wildman–Crippen MR) is 52.1 cm³/mol. The molecule has 82 valence electrons. The number of hydrogen-bond acceptors (Lipinski definition) is 3. The fourth-order valence-corrected chi connectivity index (χ4v) is 2.56. The lowest BCUT2D eigenvalue weighted by Crippen LogP contribution is -2.51. The topological polar surface area (TPSA) is 66.5 Å². The van der Waals surface area contributed by atoms with Crippen molar-refractivity contribution in [1.29, 1.82) is 0 Å². The van der Waals surface area contributed by atoms with Gasteiger partial charge in [0.1, 0.15) is 11.8 Å². The Hall–Kier alpha value is -1.39. The molecule has 2 rings (SSSR count). The van der Waals surface area contributed by atoms with E-state index in [-0.39, 0.29) is 12.5 Å². The van der Waals surface area contributed by atoms with Gasteiger partial charge >= 0.3 is 6.03 Å². The molecule has 2 aliphatic rings. The van der Waals surface area contributed by atoms with E-state index >= 15 is 0 Å². The van der Waals surface area contributed by atoms with Crippen LogP contribution in [0.15, 0.2) is 0 Å². The number of imide groups is 1. The highest BCUT2D eigenvalue weighted by atomic mass is 16.2. The quantitative estimate of drug-likeness (QED) is 0.531. The molecule has 1 spiro atoms. The lowest BCUT2D eigenvalue weighted by molar-refractivity contribution is -0.128. The van der Waals surface area contributed by atoms with Crippen molar-refractivity contribution >= 4 is 18.2 Å². The van der Waals surface area contributed by atoms with Crippen LogP contribution in [0.3, 0.4) is 0 Å². The van der Waals surface area contributed by atoms with Crippen molar-refractivity contribution in [3.63, 3.8) is 0 Å². The lowest BCUT2D eigenvalue weighted by Gasteiger charge is -2.37. The first-order valence-electron chi connectivity index (χ1n) is 5.27. The van der Waals surface area contributed by atoms with E-state index in [1.807, 2.05) is 0 Å². The van der Waals surface area contributed by atoms with Crippen molar-refractivity contribution < 1.29 is 14.4 Å². The average molecular weight is 210 g/mol. The Bertz CT molecular complexity index is 308. The molecule has 1 aliphatic heterocycles. The van der Waals surface area contributed by atoms with E-state index in [1.54, 1.807) is 0 Å². The molecular weight excluding hydrogens is 196 g/mol. The van der Waals surface area contributed by atoms with Crippen LogP contribution in [0.25, 0.3) is 0 Å². The molecule has 15 heavy (non-hydrogen) atoms. The summed E-state index contributed by atoms with van der Waals surface area (Å²) in [5.41, 5.74) is -0.726. The van der Waals surface area contributed by atoms with Crippen molar-refractivity contribution in [2.45, 2.75) is 37.6 Å². The molecule has 0 bridgehead atoms. The molecule has 5 heteroatoms. The van der Waals surface area contributed by atoms with Gasteiger partial charge in [0.05, 0.1) is 6.54 Å². The maximum absolute atomic E-state index is 11.8. The van der Waals surface area contributed by atoms with Gasteiger partial charge < -0.3 is 9.69 Å². The second-order valence-corrected chi connectivity index (χ2v) is 4.13. The van der Waals surface area contributed by atoms with Gasteiger partial charge in [-0.3, -0.25) is 10.1 Å². The Kier molecular flexibility index (Phi) is 2.46. The van der Waals surface area contributed by atoms with Crippen LogP contribution < -0.4 is 5.32 Å². The zero-order valence-corrected chi connectivity index (χ0v) is 8.49. The summed E-state index contributed by atoms with van der Waals surface area (Å²) < 4.78 is 0. The van der Waals surface area contributed by atoms with Gasteiger partial charge in [-0.15, -0.1) is 0 Å². The second-order valence-electron chi connectivity index (χ2n) is 4.13. The van der Waals surface area contributed by atoms with Crippen LogP contribution in [-0.4, -0.2) is 35.2 Å². The van der Waals surface area contributed by atoms with Crippen molar-refractivity contribution in [1.82, 2.24) is 10.2 Å². The first kappa shape index (κ1) is 10.1. The van der Waals surface area contributed by atoms with E-state index < -0.39 is 11.6 Å². The molecule has 0 aromatic rings. The fourth-order valence-electron chi connectivity index (χ4n) is 2.56.